The van der Waals surface area contributed by atoms with E-state index in [1.54, 1.807) is 39.3 Å². The molecule has 10 heteroatoms. The van der Waals surface area contributed by atoms with Gasteiger partial charge in [0.15, 0.2) is 28.6 Å². The summed E-state index contributed by atoms with van der Waals surface area (Å²) in [5, 5.41) is 11.6. The summed E-state index contributed by atoms with van der Waals surface area (Å²) in [4.78, 5) is 12.8. The zero-order valence-corrected chi connectivity index (χ0v) is 19.0. The van der Waals surface area contributed by atoms with Crippen LogP contribution in [0, 0.1) is 0 Å². The van der Waals surface area contributed by atoms with Crippen LogP contribution in [-0.2, 0) is 11.8 Å². The molecule has 1 aliphatic heterocycles. The summed E-state index contributed by atoms with van der Waals surface area (Å²) in [6.07, 6.45) is -0.387. The molecule has 2 aromatic carbocycles. The van der Waals surface area contributed by atoms with E-state index in [-0.39, 0.29) is 12.0 Å². The number of aromatic nitrogens is 3. The zero-order valence-electron chi connectivity index (χ0n) is 18.2. The van der Waals surface area contributed by atoms with E-state index in [4.69, 9.17) is 18.9 Å². The SMILES string of the molecule is COc1ccc(OC)c(NC(=O)C(C)Sc2nnc(C3COc4ccccc4O3)n2C)c1. The Morgan fingerprint density at radius 1 is 1.19 bits per heavy atom. The highest BCUT2D eigenvalue weighted by Gasteiger charge is 2.28. The molecule has 1 aromatic heterocycles. The maximum absolute atomic E-state index is 12.8. The van der Waals surface area contributed by atoms with Crippen LogP contribution >= 0.6 is 11.8 Å². The summed E-state index contributed by atoms with van der Waals surface area (Å²) >= 11 is 1.30. The van der Waals surface area contributed by atoms with Gasteiger partial charge in [-0.15, -0.1) is 10.2 Å². The predicted molar refractivity (Wildman–Crippen MR) is 120 cm³/mol. The van der Waals surface area contributed by atoms with Crippen LogP contribution in [0.25, 0.3) is 0 Å². The van der Waals surface area contributed by atoms with Crippen molar-refractivity contribution in [2.24, 2.45) is 7.05 Å². The number of para-hydroxylation sites is 2. The van der Waals surface area contributed by atoms with E-state index in [2.05, 4.69) is 15.5 Å². The Morgan fingerprint density at radius 3 is 2.72 bits per heavy atom. The second-order valence-electron chi connectivity index (χ2n) is 7.08. The third-order valence-electron chi connectivity index (χ3n) is 4.98. The molecular weight excluding hydrogens is 432 g/mol. The summed E-state index contributed by atoms with van der Waals surface area (Å²) in [5.74, 6) is 2.98. The fourth-order valence-corrected chi connectivity index (χ4v) is 4.04. The first-order valence-electron chi connectivity index (χ1n) is 9.97. The van der Waals surface area contributed by atoms with Gasteiger partial charge in [-0.1, -0.05) is 23.9 Å². The van der Waals surface area contributed by atoms with Crippen molar-refractivity contribution in [3.63, 3.8) is 0 Å². The van der Waals surface area contributed by atoms with Crippen molar-refractivity contribution in [1.29, 1.82) is 0 Å². The normalized spacial score (nSPS) is 15.7. The minimum atomic E-state index is -0.439. The highest BCUT2D eigenvalue weighted by atomic mass is 32.2. The number of hydrogen-bond donors (Lipinski definition) is 1. The standard InChI is InChI=1S/C22H24N4O5S/c1-13(21(27)23-15-11-14(28-3)9-10-16(15)29-4)32-22-25-24-20(26(22)2)19-12-30-17-7-5-6-8-18(17)31-19/h5-11,13,19H,12H2,1-4H3,(H,23,27). The lowest BCUT2D eigenvalue weighted by Crippen LogP contribution is -2.25. The fraction of sp³-hybridized carbons (Fsp3) is 0.318. The van der Waals surface area contributed by atoms with Crippen LogP contribution in [0.2, 0.25) is 0 Å². The molecule has 0 fully saturated rings. The van der Waals surface area contributed by atoms with Gasteiger partial charge in [0.25, 0.3) is 0 Å². The van der Waals surface area contributed by atoms with E-state index in [1.807, 2.05) is 35.9 Å². The number of benzene rings is 2. The van der Waals surface area contributed by atoms with Gasteiger partial charge >= 0.3 is 0 Å². The maximum atomic E-state index is 12.8. The zero-order chi connectivity index (χ0) is 22.7. The van der Waals surface area contributed by atoms with Gasteiger partial charge in [0.05, 0.1) is 25.2 Å². The molecular formula is C22H24N4O5S. The number of amides is 1. The minimum absolute atomic E-state index is 0.197. The van der Waals surface area contributed by atoms with Crippen molar-refractivity contribution in [2.45, 2.75) is 23.4 Å². The summed E-state index contributed by atoms with van der Waals surface area (Å²) < 4.78 is 24.2. The molecule has 1 amide bonds. The van der Waals surface area contributed by atoms with Gasteiger partial charge < -0.3 is 28.8 Å². The molecule has 168 valence electrons. The monoisotopic (exact) mass is 456 g/mol. The quantitative estimate of drug-likeness (QED) is 0.540. The van der Waals surface area contributed by atoms with Crippen molar-refractivity contribution >= 4 is 23.4 Å². The number of anilines is 1. The van der Waals surface area contributed by atoms with Gasteiger partial charge in [0.2, 0.25) is 5.91 Å². The molecule has 0 spiro atoms. The van der Waals surface area contributed by atoms with E-state index in [0.29, 0.717) is 46.3 Å². The van der Waals surface area contributed by atoms with Crippen LogP contribution in [0.15, 0.2) is 47.6 Å². The van der Waals surface area contributed by atoms with Crippen LogP contribution in [0.4, 0.5) is 5.69 Å². The molecule has 0 saturated heterocycles. The molecule has 0 aliphatic carbocycles. The number of carbonyl (C=O) groups is 1. The first kappa shape index (κ1) is 21.8. The number of methoxy groups -OCH3 is 2. The van der Waals surface area contributed by atoms with Gasteiger partial charge in [0, 0.05) is 13.1 Å². The molecule has 4 rings (SSSR count). The number of ether oxygens (including phenoxy) is 4. The Bertz CT molecular complexity index is 1120. The molecule has 0 saturated carbocycles. The van der Waals surface area contributed by atoms with Crippen LogP contribution in [0.3, 0.4) is 0 Å². The molecule has 3 aromatic rings. The molecule has 1 aliphatic rings. The fourth-order valence-electron chi connectivity index (χ4n) is 3.21. The largest absolute Gasteiger partial charge is 0.497 e. The molecule has 9 nitrogen and oxygen atoms in total. The average Bonchev–Trinajstić information content (AvgIpc) is 3.18. The lowest BCUT2D eigenvalue weighted by Gasteiger charge is -2.25. The Morgan fingerprint density at radius 2 is 1.97 bits per heavy atom. The average molecular weight is 457 g/mol. The predicted octanol–water partition coefficient (Wildman–Crippen LogP) is 3.46. The Hall–Kier alpha value is -3.40. The highest BCUT2D eigenvalue weighted by molar-refractivity contribution is 8.00. The number of carbonyl (C=O) groups excluding carboxylic acids is 1. The van der Waals surface area contributed by atoms with E-state index in [9.17, 15) is 4.79 Å². The van der Waals surface area contributed by atoms with Gasteiger partial charge in [-0.3, -0.25) is 4.79 Å². The molecule has 0 bridgehead atoms. The number of nitrogens with one attached hydrogen (secondary N) is 1. The summed E-state index contributed by atoms with van der Waals surface area (Å²) in [6.45, 7) is 2.14. The molecule has 1 N–H and O–H groups in total. The lowest BCUT2D eigenvalue weighted by molar-refractivity contribution is -0.115. The van der Waals surface area contributed by atoms with Gasteiger partial charge in [0.1, 0.15) is 18.1 Å². The Kier molecular flexibility index (Phi) is 6.40. The molecule has 2 unspecified atom stereocenters. The molecule has 2 heterocycles. The van der Waals surface area contributed by atoms with Crippen LogP contribution in [0.5, 0.6) is 23.0 Å². The first-order valence-corrected chi connectivity index (χ1v) is 10.9. The van der Waals surface area contributed by atoms with E-state index >= 15 is 0 Å². The van der Waals surface area contributed by atoms with Crippen LogP contribution < -0.4 is 24.3 Å². The smallest absolute Gasteiger partial charge is 0.237 e. The van der Waals surface area contributed by atoms with Crippen LogP contribution in [0.1, 0.15) is 18.9 Å². The minimum Gasteiger partial charge on any atom is -0.497 e. The van der Waals surface area contributed by atoms with Crippen molar-refractivity contribution in [3.05, 3.63) is 48.3 Å². The van der Waals surface area contributed by atoms with Crippen LogP contribution in [-0.4, -0.2) is 46.7 Å². The van der Waals surface area contributed by atoms with E-state index in [0.717, 1.165) is 0 Å². The number of hydrogen-bond acceptors (Lipinski definition) is 8. The first-order chi connectivity index (χ1) is 15.5. The summed E-state index contributed by atoms with van der Waals surface area (Å²) in [5.41, 5.74) is 0.536. The topological polar surface area (TPSA) is 96.7 Å². The molecule has 32 heavy (non-hydrogen) atoms. The Labute approximate surface area is 190 Å². The molecule has 0 radical (unpaired) electrons. The maximum Gasteiger partial charge on any atom is 0.237 e. The van der Waals surface area contributed by atoms with E-state index in [1.165, 1.54) is 11.8 Å². The summed E-state index contributed by atoms with van der Waals surface area (Å²) in [6, 6.07) is 12.7. The third kappa shape index (κ3) is 4.45. The van der Waals surface area contributed by atoms with Crippen molar-refractivity contribution in [3.8, 4) is 23.0 Å². The summed E-state index contributed by atoms with van der Waals surface area (Å²) in [7, 11) is 4.96. The van der Waals surface area contributed by atoms with Gasteiger partial charge in [-0.05, 0) is 31.2 Å². The number of thioether (sulfide) groups is 1. The third-order valence-corrected chi connectivity index (χ3v) is 6.12. The van der Waals surface area contributed by atoms with Crippen molar-refractivity contribution in [1.82, 2.24) is 14.8 Å². The van der Waals surface area contributed by atoms with Gasteiger partial charge in [-0.25, -0.2) is 0 Å². The lowest BCUT2D eigenvalue weighted by atomic mass is 10.2. The van der Waals surface area contributed by atoms with Crippen molar-refractivity contribution < 1.29 is 23.7 Å². The number of rotatable bonds is 7. The van der Waals surface area contributed by atoms with Crippen molar-refractivity contribution in [2.75, 3.05) is 26.1 Å². The Balaban J connectivity index is 1.44. The van der Waals surface area contributed by atoms with E-state index < -0.39 is 5.25 Å². The number of nitrogens with zero attached hydrogens (tertiary/aromatic N) is 3. The second-order valence-corrected chi connectivity index (χ2v) is 8.39. The van der Waals surface area contributed by atoms with Gasteiger partial charge in [-0.2, -0.15) is 0 Å². The number of fused-ring (bicyclic) bond motifs is 1. The highest BCUT2D eigenvalue weighted by Crippen LogP contribution is 2.36. The second kappa shape index (κ2) is 9.39. The molecule has 2 atom stereocenters.